The molecule has 0 radical (unpaired) electrons. The number of hydrogen-bond donors (Lipinski definition) is 0. The second-order valence-electron chi connectivity index (χ2n) is 18.5. The van der Waals surface area contributed by atoms with Gasteiger partial charge >= 0.3 is 17.6 Å². The van der Waals surface area contributed by atoms with Crippen LogP contribution in [-0.4, -0.2) is 23.6 Å². The molecule has 1 aromatic heterocycles. The van der Waals surface area contributed by atoms with Crippen molar-refractivity contribution in [3.8, 4) is 5.75 Å². The highest BCUT2D eigenvalue weighted by Crippen LogP contribution is 2.52. The smallest absolute Gasteiger partial charge is 0.339 e. The fraction of sp³-hybridized carbons (Fsp3) is 0.426. The summed E-state index contributed by atoms with van der Waals surface area (Å²) in [6, 6.07) is 33.5. The number of carbonyl (C=O) groups is 2. The number of fused-ring (bicyclic) bond motifs is 13. The molecule has 4 aliphatic rings. The van der Waals surface area contributed by atoms with Gasteiger partial charge in [0, 0.05) is 28.9 Å². The molecule has 61 heavy (non-hydrogen) atoms. The fourth-order valence-electron chi connectivity index (χ4n) is 9.99. The van der Waals surface area contributed by atoms with Crippen molar-refractivity contribution in [1.82, 2.24) is 0 Å². The Labute approximate surface area is 360 Å². The summed E-state index contributed by atoms with van der Waals surface area (Å²) < 4.78 is 26.7. The van der Waals surface area contributed by atoms with Crippen LogP contribution < -0.4 is 10.4 Å². The maximum absolute atomic E-state index is 14.8. The highest BCUT2D eigenvalue weighted by atomic mass is 16.6. The van der Waals surface area contributed by atoms with Crippen LogP contribution in [0.4, 0.5) is 0 Å². The third kappa shape index (κ3) is 9.41. The van der Waals surface area contributed by atoms with E-state index < -0.39 is 35.4 Å². The third-order valence-corrected chi connectivity index (χ3v) is 13.5. The number of allylic oxidation sites excluding steroid dienone is 1. The first-order valence-electron chi connectivity index (χ1n) is 22.5. The van der Waals surface area contributed by atoms with E-state index >= 15 is 0 Å². The van der Waals surface area contributed by atoms with Crippen LogP contribution in [0.1, 0.15) is 137 Å². The molecule has 9 rings (SSSR count). The normalized spacial score (nSPS) is 22.6. The van der Waals surface area contributed by atoms with Crippen LogP contribution in [0, 0.1) is 11.8 Å². The lowest BCUT2D eigenvalue weighted by Crippen LogP contribution is -2.58. The van der Waals surface area contributed by atoms with Crippen LogP contribution >= 0.6 is 0 Å². The van der Waals surface area contributed by atoms with Crippen molar-refractivity contribution in [2.24, 2.45) is 11.8 Å². The number of carbonyl (C=O) groups excluding carboxylic acids is 2. The van der Waals surface area contributed by atoms with Gasteiger partial charge in [0.05, 0.1) is 5.56 Å². The molecule has 0 saturated heterocycles. The lowest BCUT2D eigenvalue weighted by atomic mass is 9.71. The quantitative estimate of drug-likeness (QED) is 0.0917. The van der Waals surface area contributed by atoms with Gasteiger partial charge in [-0.15, -0.1) is 0 Å². The first-order valence-corrected chi connectivity index (χ1v) is 22.5. The highest BCUT2D eigenvalue weighted by Gasteiger charge is 2.56. The average molecular weight is 821 g/mol. The Bertz CT molecular complexity index is 2450. The summed E-state index contributed by atoms with van der Waals surface area (Å²) in [6.07, 6.45) is 7.34. The van der Waals surface area contributed by atoms with Crippen molar-refractivity contribution < 1.29 is 28.2 Å². The van der Waals surface area contributed by atoms with Crippen molar-refractivity contribution in [1.29, 1.82) is 0 Å². The lowest BCUT2D eigenvalue weighted by molar-refractivity contribution is -0.201. The minimum atomic E-state index is -1.08. The number of ether oxygens (including phenoxy) is 3. The molecule has 1 fully saturated rings. The first kappa shape index (κ1) is 42.3. The van der Waals surface area contributed by atoms with Gasteiger partial charge < -0.3 is 18.6 Å². The molecular formula is C54H60O7. The second-order valence-corrected chi connectivity index (χ2v) is 18.5. The second kappa shape index (κ2) is 18.3. The Kier molecular flexibility index (Phi) is 12.7. The Morgan fingerprint density at radius 1 is 0.754 bits per heavy atom. The highest BCUT2D eigenvalue weighted by molar-refractivity contribution is 5.90. The Hall–Kier alpha value is -5.43. The Morgan fingerprint density at radius 2 is 1.48 bits per heavy atom. The van der Waals surface area contributed by atoms with Gasteiger partial charge in [0.1, 0.15) is 16.9 Å². The average Bonchev–Trinajstić information content (AvgIpc) is 3.24. The summed E-state index contributed by atoms with van der Waals surface area (Å²) in [5, 5.41) is 0.695. The molecule has 0 spiro atoms. The van der Waals surface area contributed by atoms with Gasteiger partial charge in [-0.2, -0.15) is 0 Å². The van der Waals surface area contributed by atoms with E-state index in [2.05, 4.69) is 72.8 Å². The maximum Gasteiger partial charge on any atom is 0.339 e. The number of rotatable bonds is 7. The molecule has 318 valence electrons. The van der Waals surface area contributed by atoms with Gasteiger partial charge in [0.15, 0.2) is 12.2 Å². The standard InChI is InChI=1S/C54H60O7/c1-34(2)44-27-25-36-19-21-39(22-20-36)31-41(24-23-38-15-12-16-40(30-38)29-37-13-8-6-9-14-37)32-47(55)58-50-48-46(28-26-42-33-45(35(3)4)53(57)59-49(42)48)61-54(5,51(50)60-52(44)56)43-17-10-7-11-18-43/h6,8-9,12-16,19-22,26,28,30,33,35,41,43,50-51H,7,10-11,17-18,23-25,27,29,31-32H2,1-5H3/t41-,50+,51+,54+/m1/s1. The van der Waals surface area contributed by atoms with E-state index in [1.165, 1.54) is 16.7 Å². The van der Waals surface area contributed by atoms with E-state index in [-0.39, 0.29) is 24.2 Å². The molecule has 7 nitrogen and oxygen atoms in total. The summed E-state index contributed by atoms with van der Waals surface area (Å²) in [6.45, 7) is 9.82. The molecular weight excluding hydrogens is 761 g/mol. The summed E-state index contributed by atoms with van der Waals surface area (Å²) in [5.41, 5.74) is 7.32. The molecule has 4 heterocycles. The first-order chi connectivity index (χ1) is 29.4. The van der Waals surface area contributed by atoms with Gasteiger partial charge in [-0.25, -0.2) is 9.59 Å². The number of hydrogen-bond acceptors (Lipinski definition) is 7. The Morgan fingerprint density at radius 3 is 2.21 bits per heavy atom. The van der Waals surface area contributed by atoms with E-state index in [1.807, 2.05) is 58.9 Å². The van der Waals surface area contributed by atoms with Crippen molar-refractivity contribution in [2.75, 3.05) is 0 Å². The topological polar surface area (TPSA) is 92.0 Å². The van der Waals surface area contributed by atoms with E-state index in [4.69, 9.17) is 18.6 Å². The lowest BCUT2D eigenvalue weighted by Gasteiger charge is -2.49. The molecule has 3 aliphatic heterocycles. The van der Waals surface area contributed by atoms with Crippen LogP contribution in [0.3, 0.4) is 0 Å². The molecule has 2 bridgehead atoms. The minimum Gasteiger partial charge on any atom is -0.483 e. The molecule has 0 unspecified atom stereocenters. The zero-order chi connectivity index (χ0) is 42.7. The summed E-state index contributed by atoms with van der Waals surface area (Å²) in [7, 11) is 0. The van der Waals surface area contributed by atoms with Crippen molar-refractivity contribution >= 4 is 22.9 Å². The Balaban J connectivity index is 1.20. The predicted octanol–water partition coefficient (Wildman–Crippen LogP) is 11.9. The number of esters is 2. The monoisotopic (exact) mass is 820 g/mol. The number of benzene rings is 4. The van der Waals surface area contributed by atoms with Crippen molar-refractivity contribution in [3.63, 3.8) is 0 Å². The zero-order valence-electron chi connectivity index (χ0n) is 36.5. The zero-order valence-corrected chi connectivity index (χ0v) is 36.5. The van der Waals surface area contributed by atoms with Gasteiger partial charge in [0.25, 0.3) is 0 Å². The molecule has 0 amide bonds. The summed E-state index contributed by atoms with van der Waals surface area (Å²) >= 11 is 0. The van der Waals surface area contributed by atoms with Gasteiger partial charge in [-0.3, -0.25) is 4.79 Å². The molecule has 7 heteroatoms. The van der Waals surface area contributed by atoms with E-state index in [0.29, 0.717) is 52.7 Å². The van der Waals surface area contributed by atoms with E-state index in [0.717, 1.165) is 68.1 Å². The molecule has 4 atom stereocenters. The third-order valence-electron chi connectivity index (χ3n) is 13.5. The van der Waals surface area contributed by atoms with Gasteiger partial charge in [-0.1, -0.05) is 118 Å². The largest absolute Gasteiger partial charge is 0.483 e. The summed E-state index contributed by atoms with van der Waals surface area (Å²) in [5.74, 6) is -0.418. The number of aryl methyl sites for hydroxylation is 2. The molecule has 5 aromatic rings. The minimum absolute atomic E-state index is 0.0311. The SMILES string of the molecule is CC(C)=C1CCc2ccc(cc2)C[C@@H](CCc2cccc(Cc3ccccc3)c2)CC(=O)O[C@H]2c3c(ccc4cc(C(C)C)c(=O)oc34)O[C@@](C)(C3CCCCC3)[C@H]2OC1=O. The van der Waals surface area contributed by atoms with Crippen LogP contribution in [0.2, 0.25) is 0 Å². The van der Waals surface area contributed by atoms with Crippen molar-refractivity contribution in [3.05, 3.63) is 158 Å². The predicted molar refractivity (Wildman–Crippen MR) is 240 cm³/mol. The van der Waals surface area contributed by atoms with E-state index in [9.17, 15) is 14.4 Å². The van der Waals surface area contributed by atoms with Crippen molar-refractivity contribution in [2.45, 2.75) is 135 Å². The van der Waals surface area contributed by atoms with Crippen LogP contribution in [0.25, 0.3) is 11.0 Å². The molecule has 1 saturated carbocycles. The molecule has 4 aromatic carbocycles. The van der Waals surface area contributed by atoms with Crippen LogP contribution in [-0.2, 0) is 44.7 Å². The summed E-state index contributed by atoms with van der Waals surface area (Å²) in [4.78, 5) is 42.9. The molecule has 0 N–H and O–H groups in total. The van der Waals surface area contributed by atoms with Crippen LogP contribution in [0.5, 0.6) is 5.75 Å². The maximum atomic E-state index is 14.8. The van der Waals surface area contributed by atoms with Gasteiger partial charge in [-0.05, 0) is 130 Å². The van der Waals surface area contributed by atoms with Gasteiger partial charge in [0.2, 0.25) is 0 Å². The van der Waals surface area contributed by atoms with Crippen LogP contribution in [0.15, 0.2) is 117 Å². The fourth-order valence-corrected chi connectivity index (χ4v) is 9.99. The van der Waals surface area contributed by atoms with E-state index in [1.54, 1.807) is 0 Å². The molecule has 1 aliphatic carbocycles.